The average molecular weight is 597 g/mol. The van der Waals surface area contributed by atoms with Gasteiger partial charge in [0.05, 0.1) is 6.42 Å². The predicted octanol–water partition coefficient (Wildman–Crippen LogP) is 11.3. The van der Waals surface area contributed by atoms with Gasteiger partial charge in [-0.2, -0.15) is 0 Å². The molecule has 0 aromatic heterocycles. The van der Waals surface area contributed by atoms with E-state index in [-0.39, 0.29) is 35.7 Å². The minimum Gasteiger partial charge on any atom is -0.300 e. The Kier molecular flexibility index (Phi) is 16.7. The van der Waals surface area contributed by atoms with Crippen molar-refractivity contribution in [3.05, 3.63) is 33.9 Å². The van der Waals surface area contributed by atoms with Gasteiger partial charge in [-0.15, -0.1) is 0 Å². The zero-order chi connectivity index (χ0) is 33.0. The zero-order valence-corrected chi connectivity index (χ0v) is 30.4. The second-order valence-electron chi connectivity index (χ2n) is 16.1. The predicted molar refractivity (Wildman–Crippen MR) is 185 cm³/mol. The quantitative estimate of drug-likeness (QED) is 0.189. The summed E-state index contributed by atoms with van der Waals surface area (Å²) < 4.78 is 0. The molecule has 1 aliphatic carbocycles. The fourth-order valence-corrected chi connectivity index (χ4v) is 7.04. The number of ketones is 3. The monoisotopic (exact) mass is 597 g/mol. The van der Waals surface area contributed by atoms with Crippen LogP contribution in [-0.4, -0.2) is 17.3 Å². The summed E-state index contributed by atoms with van der Waals surface area (Å²) in [6.07, 6.45) is 13.2. The highest BCUT2D eigenvalue weighted by Crippen LogP contribution is 2.39. The van der Waals surface area contributed by atoms with Gasteiger partial charge in [-0.1, -0.05) is 94.6 Å². The molecule has 3 nitrogen and oxygen atoms in total. The molecule has 0 saturated carbocycles. The van der Waals surface area contributed by atoms with Gasteiger partial charge in [-0.3, -0.25) is 14.4 Å². The topological polar surface area (TPSA) is 51.2 Å². The molecule has 2 rings (SSSR count). The molecule has 0 radical (unpaired) electrons. The maximum Gasteiger partial charge on any atom is 0.163 e. The van der Waals surface area contributed by atoms with Gasteiger partial charge < -0.3 is 0 Å². The lowest BCUT2D eigenvalue weighted by atomic mass is 9.70. The van der Waals surface area contributed by atoms with Crippen LogP contribution in [0.1, 0.15) is 179 Å². The lowest BCUT2D eigenvalue weighted by molar-refractivity contribution is -0.129. The summed E-state index contributed by atoms with van der Waals surface area (Å²) in [5.74, 6) is 0.769. The van der Waals surface area contributed by atoms with E-state index in [2.05, 4.69) is 82.2 Å². The number of fused-ring (bicyclic) bond motifs is 1. The number of benzene rings is 1. The summed E-state index contributed by atoms with van der Waals surface area (Å²) >= 11 is 0. The maximum atomic E-state index is 13.8. The molecule has 0 amide bonds. The first-order valence-electron chi connectivity index (χ1n) is 17.7. The van der Waals surface area contributed by atoms with E-state index in [0.717, 1.165) is 63.4 Å². The summed E-state index contributed by atoms with van der Waals surface area (Å²) in [5, 5.41) is 0. The van der Waals surface area contributed by atoms with Crippen molar-refractivity contribution in [1.29, 1.82) is 0 Å². The summed E-state index contributed by atoms with van der Waals surface area (Å²) in [5.41, 5.74) is 6.89. The van der Waals surface area contributed by atoms with Crippen LogP contribution in [0.5, 0.6) is 0 Å². The third-order valence-electron chi connectivity index (χ3n) is 9.03. The Morgan fingerprint density at radius 1 is 0.884 bits per heavy atom. The molecule has 1 aliphatic rings. The van der Waals surface area contributed by atoms with Crippen molar-refractivity contribution in [1.82, 2.24) is 0 Å². The van der Waals surface area contributed by atoms with Gasteiger partial charge in [-0.25, -0.2) is 0 Å². The van der Waals surface area contributed by atoms with Gasteiger partial charge in [0.15, 0.2) is 5.78 Å². The number of rotatable bonds is 15. The van der Waals surface area contributed by atoms with E-state index >= 15 is 0 Å². The van der Waals surface area contributed by atoms with Crippen LogP contribution in [0.2, 0.25) is 0 Å². The lowest BCUT2D eigenvalue weighted by Crippen LogP contribution is -2.30. The van der Waals surface area contributed by atoms with Crippen LogP contribution in [0.15, 0.2) is 6.07 Å². The number of Topliss-reactive ketones (excluding diaryl/α,β-unsaturated/α-hetero) is 3. The van der Waals surface area contributed by atoms with Crippen LogP contribution in [0.25, 0.3) is 0 Å². The molecule has 0 aliphatic heterocycles. The highest BCUT2D eigenvalue weighted by atomic mass is 16.1. The first-order chi connectivity index (χ1) is 20.0. The Hall–Kier alpha value is -1.77. The number of carbonyl (C=O) groups is 3. The summed E-state index contributed by atoms with van der Waals surface area (Å²) in [4.78, 5) is 38.6. The molecule has 0 fully saturated rings. The van der Waals surface area contributed by atoms with Gasteiger partial charge in [0.1, 0.15) is 11.6 Å². The van der Waals surface area contributed by atoms with Gasteiger partial charge in [-0.05, 0) is 117 Å². The van der Waals surface area contributed by atoms with Crippen molar-refractivity contribution in [2.75, 3.05) is 0 Å². The fourth-order valence-electron chi connectivity index (χ4n) is 7.04. The van der Waals surface area contributed by atoms with Crippen LogP contribution in [-0.2, 0) is 28.9 Å². The van der Waals surface area contributed by atoms with Crippen LogP contribution in [0.3, 0.4) is 0 Å². The highest BCUT2D eigenvalue weighted by molar-refractivity contribution is 6.01. The van der Waals surface area contributed by atoms with Crippen molar-refractivity contribution in [3.63, 3.8) is 0 Å². The molecule has 43 heavy (non-hydrogen) atoms. The van der Waals surface area contributed by atoms with Crippen LogP contribution in [0, 0.1) is 35.5 Å². The number of hydrogen-bond acceptors (Lipinski definition) is 3. The van der Waals surface area contributed by atoms with Gasteiger partial charge in [0, 0.05) is 17.9 Å². The van der Waals surface area contributed by atoms with E-state index in [1.54, 1.807) is 0 Å². The number of carbonyl (C=O) groups excluding carboxylic acids is 3. The lowest BCUT2D eigenvalue weighted by Gasteiger charge is -2.33. The largest absolute Gasteiger partial charge is 0.300 e. The van der Waals surface area contributed by atoms with E-state index in [9.17, 15) is 14.4 Å². The second-order valence-corrected chi connectivity index (χ2v) is 16.1. The van der Waals surface area contributed by atoms with Crippen molar-refractivity contribution in [2.45, 2.75) is 173 Å². The molecular formula is C40H68O3. The molecule has 0 saturated heterocycles. The minimum absolute atomic E-state index is 0.0419. The van der Waals surface area contributed by atoms with Crippen LogP contribution >= 0.6 is 0 Å². The Balaban J connectivity index is 0.00000295. The Labute approximate surface area is 266 Å². The van der Waals surface area contributed by atoms with Crippen molar-refractivity contribution in [3.8, 4) is 0 Å². The fraction of sp³-hybridized carbons (Fsp3) is 0.775. The van der Waals surface area contributed by atoms with E-state index in [4.69, 9.17) is 0 Å². The normalized spacial score (nSPS) is 16.7. The first-order valence-corrected chi connectivity index (χ1v) is 17.7. The first kappa shape index (κ1) is 39.3. The molecule has 0 N–H and O–H groups in total. The van der Waals surface area contributed by atoms with E-state index in [0.29, 0.717) is 23.0 Å². The maximum absolute atomic E-state index is 13.8. The van der Waals surface area contributed by atoms with Gasteiger partial charge in [0.25, 0.3) is 0 Å². The third kappa shape index (κ3) is 13.8. The van der Waals surface area contributed by atoms with Crippen molar-refractivity contribution < 1.29 is 14.4 Å². The van der Waals surface area contributed by atoms with Gasteiger partial charge >= 0.3 is 0 Å². The molecule has 1 aromatic rings. The van der Waals surface area contributed by atoms with Gasteiger partial charge in [0.2, 0.25) is 0 Å². The summed E-state index contributed by atoms with van der Waals surface area (Å²) in [6.45, 7) is 26.0. The van der Waals surface area contributed by atoms with Crippen LogP contribution < -0.4 is 0 Å². The molecular weight excluding hydrogens is 528 g/mol. The third-order valence-corrected chi connectivity index (χ3v) is 9.03. The van der Waals surface area contributed by atoms with Crippen molar-refractivity contribution >= 4 is 17.3 Å². The molecule has 3 heteroatoms. The smallest absolute Gasteiger partial charge is 0.163 e. The minimum atomic E-state index is -0.0847. The van der Waals surface area contributed by atoms with E-state index in [1.807, 2.05) is 0 Å². The molecule has 3 unspecified atom stereocenters. The molecule has 3 atom stereocenters. The Morgan fingerprint density at radius 2 is 1.42 bits per heavy atom. The average Bonchev–Trinajstić information content (AvgIpc) is 2.85. The van der Waals surface area contributed by atoms with Crippen molar-refractivity contribution in [2.24, 2.45) is 28.6 Å². The molecule has 1 aromatic carbocycles. The van der Waals surface area contributed by atoms with E-state index < -0.39 is 0 Å². The van der Waals surface area contributed by atoms with Crippen LogP contribution in [0.4, 0.5) is 0 Å². The highest BCUT2D eigenvalue weighted by Gasteiger charge is 2.34. The Bertz CT molecular complexity index is 1030. The number of hydrogen-bond donors (Lipinski definition) is 0. The molecule has 0 bridgehead atoms. The Morgan fingerprint density at radius 3 is 1.88 bits per heavy atom. The SMILES string of the molecule is CCC.CCCC(CC1CC(=O)c2c(C)c(CCCC(C)(C)C)cc(CCCC(C)(C)C)c2C1)C(CC)C(=O)CC(C)=O. The molecule has 246 valence electrons. The summed E-state index contributed by atoms with van der Waals surface area (Å²) in [6, 6.07) is 2.45. The number of aryl methyl sites for hydroxylation is 2. The van der Waals surface area contributed by atoms with E-state index in [1.165, 1.54) is 48.4 Å². The second kappa shape index (κ2) is 18.3. The zero-order valence-electron chi connectivity index (χ0n) is 30.4. The molecule has 0 spiro atoms. The standard InChI is InChI=1S/C37H60O3.C3H8/c1-11-15-29(31(12-2)33(39)20-25(3)38)21-27-22-32-30(17-14-19-37(8,9)10)24-28(16-13-18-36(5,6)7)26(4)35(32)34(40)23-27;1-3-2/h24,27,29,31H,11-23H2,1-10H3;3H2,1-2H3. The summed E-state index contributed by atoms with van der Waals surface area (Å²) in [7, 11) is 0. The molecule has 0 heterocycles.